The molecular formula is C45H52F3N3O7Si. The Morgan fingerprint density at radius 3 is 2.03 bits per heavy atom. The van der Waals surface area contributed by atoms with Crippen molar-refractivity contribution in [2.24, 2.45) is 11.8 Å². The zero-order valence-corrected chi connectivity index (χ0v) is 36.0. The van der Waals surface area contributed by atoms with Crippen molar-refractivity contribution in [3.8, 4) is 11.6 Å². The van der Waals surface area contributed by atoms with E-state index >= 15 is 22.8 Å². The lowest BCUT2D eigenvalue weighted by Gasteiger charge is -2.55. The number of Topliss-reactive ketones (excluding diaryl/α,β-unsaturated/α-hetero) is 2. The van der Waals surface area contributed by atoms with E-state index < -0.39 is 65.9 Å². The van der Waals surface area contributed by atoms with Crippen molar-refractivity contribution in [2.75, 3.05) is 28.2 Å². The van der Waals surface area contributed by atoms with Crippen molar-refractivity contribution in [3.63, 3.8) is 0 Å². The third-order valence-corrected chi connectivity index (χ3v) is 16.8. The quantitative estimate of drug-likeness (QED) is 0.116. The molecule has 0 bridgehead atoms. The third kappa shape index (κ3) is 7.42. The molecule has 1 aromatic heterocycles. The normalized spacial score (nSPS) is 22.0. The summed E-state index contributed by atoms with van der Waals surface area (Å²) in [6.45, 7) is 9.84. The molecule has 0 aliphatic heterocycles. The number of hydrogen-bond donors (Lipinski definition) is 1. The van der Waals surface area contributed by atoms with Crippen LogP contribution in [0.25, 0.3) is 5.76 Å². The van der Waals surface area contributed by atoms with Gasteiger partial charge in [0.25, 0.3) is 5.88 Å². The highest BCUT2D eigenvalue weighted by Gasteiger charge is 2.69. The number of carbonyl (C=O) groups is 2. The van der Waals surface area contributed by atoms with Crippen molar-refractivity contribution in [1.82, 2.24) is 15.0 Å². The Morgan fingerprint density at radius 1 is 0.898 bits per heavy atom. The SMILES string of the molecule is CN(C)Cc1cc(OCc2ccccc2)c2c(c1C(F)(F)F)C[C@H]1C[C@H]3[C@H](N(C)C)c4onc(OCc5ccccc5)c4C(=O)[C@@]3(O[Si](C)(C)C(C)(C)C)C(=O)C1=C2O. The number of ether oxygens (including phenoxy) is 2. The van der Waals surface area contributed by atoms with Crippen molar-refractivity contribution in [3.05, 3.63) is 117 Å². The molecule has 59 heavy (non-hydrogen) atoms. The van der Waals surface area contributed by atoms with Gasteiger partial charge in [-0.2, -0.15) is 13.2 Å². The number of fused-ring (bicyclic) bond motifs is 4. The monoisotopic (exact) mass is 831 g/mol. The molecule has 14 heteroatoms. The van der Waals surface area contributed by atoms with Crippen LogP contribution < -0.4 is 9.47 Å². The molecule has 1 fully saturated rings. The van der Waals surface area contributed by atoms with Gasteiger partial charge in [0.15, 0.2) is 19.7 Å². The highest BCUT2D eigenvalue weighted by molar-refractivity contribution is 6.74. The lowest BCUT2D eigenvalue weighted by Crippen LogP contribution is -2.68. The summed E-state index contributed by atoms with van der Waals surface area (Å²) in [6.07, 6.45) is -5.03. The fourth-order valence-electron chi connectivity index (χ4n) is 8.75. The van der Waals surface area contributed by atoms with E-state index in [2.05, 4.69) is 5.16 Å². The Kier molecular flexibility index (Phi) is 11.0. The molecule has 4 atom stereocenters. The summed E-state index contributed by atoms with van der Waals surface area (Å²) in [5, 5.41) is 16.2. The topological polar surface area (TPSA) is 115 Å². The molecular weight excluding hydrogens is 780 g/mol. The Labute approximate surface area is 344 Å². The van der Waals surface area contributed by atoms with Gasteiger partial charge in [-0.1, -0.05) is 81.4 Å². The fraction of sp³-hybridized carbons (Fsp3) is 0.444. The number of aromatic nitrogens is 1. The number of halogens is 3. The first-order chi connectivity index (χ1) is 27.7. The minimum atomic E-state index is -4.81. The van der Waals surface area contributed by atoms with E-state index in [9.17, 15) is 5.11 Å². The van der Waals surface area contributed by atoms with Gasteiger partial charge in [-0.3, -0.25) is 14.5 Å². The van der Waals surface area contributed by atoms with Gasteiger partial charge in [0.2, 0.25) is 11.6 Å². The number of ketones is 2. The smallest absolute Gasteiger partial charge is 0.417 e. The maximum Gasteiger partial charge on any atom is 0.417 e. The van der Waals surface area contributed by atoms with E-state index in [0.29, 0.717) is 0 Å². The summed E-state index contributed by atoms with van der Waals surface area (Å²) in [5.74, 6) is -3.91. The van der Waals surface area contributed by atoms with Gasteiger partial charge >= 0.3 is 6.18 Å². The van der Waals surface area contributed by atoms with Crippen molar-refractivity contribution in [2.45, 2.75) is 89.3 Å². The molecule has 4 aromatic rings. The van der Waals surface area contributed by atoms with Crippen LogP contribution in [-0.2, 0) is 41.6 Å². The van der Waals surface area contributed by atoms with Crippen LogP contribution in [0.15, 0.2) is 76.8 Å². The average molecular weight is 832 g/mol. The van der Waals surface area contributed by atoms with E-state index in [4.69, 9.17) is 18.4 Å². The predicted octanol–water partition coefficient (Wildman–Crippen LogP) is 9.20. The Morgan fingerprint density at radius 2 is 1.49 bits per heavy atom. The molecule has 3 aliphatic rings. The Bertz CT molecular complexity index is 2280. The molecule has 0 amide bonds. The number of carbonyl (C=O) groups excluding carboxylic acids is 2. The molecule has 1 saturated carbocycles. The molecule has 0 radical (unpaired) electrons. The standard InChI is InChI=1S/C45H52F3N3O7Si/c1-43(2,3)59(8,9)58-44-31(37(51(6)7)39-35(41(44)54)42(49-57-39)56-25-27-18-14-11-15-19-27)21-28-20-30-34(38(52)33(28)40(44)53)32(55-24-26-16-12-10-13-17-26)22-29(23-50(4)5)36(30)45(46,47)48/h10-19,22,28,31,37,52H,20-21,23-25H2,1-9H3/t28-,31-,37-,44-/m0/s1. The largest absolute Gasteiger partial charge is 0.507 e. The minimum Gasteiger partial charge on any atom is -0.507 e. The lowest BCUT2D eigenvalue weighted by atomic mass is 9.57. The van der Waals surface area contributed by atoms with Crippen molar-refractivity contribution >= 4 is 25.6 Å². The highest BCUT2D eigenvalue weighted by Crippen LogP contribution is 2.60. The molecule has 0 saturated heterocycles. The van der Waals surface area contributed by atoms with Crippen LogP contribution in [0.2, 0.25) is 18.1 Å². The van der Waals surface area contributed by atoms with Gasteiger partial charge in [-0.05, 0) is 98.6 Å². The molecule has 10 nitrogen and oxygen atoms in total. The van der Waals surface area contributed by atoms with Gasteiger partial charge in [-0.25, -0.2) is 0 Å². The van der Waals surface area contributed by atoms with Gasteiger partial charge in [0.1, 0.15) is 30.3 Å². The summed E-state index contributed by atoms with van der Waals surface area (Å²) in [7, 11) is 3.87. The van der Waals surface area contributed by atoms with E-state index in [1.165, 1.54) is 6.07 Å². The van der Waals surface area contributed by atoms with Gasteiger partial charge < -0.3 is 28.4 Å². The van der Waals surface area contributed by atoms with E-state index in [0.717, 1.165) is 11.1 Å². The maximum atomic E-state index is 15.8. The molecule has 0 unspecified atom stereocenters. The Balaban J connectivity index is 1.46. The van der Waals surface area contributed by atoms with Crippen molar-refractivity contribution in [1.29, 1.82) is 0 Å². The zero-order chi connectivity index (χ0) is 42.8. The molecule has 1 N–H and O–H groups in total. The van der Waals surface area contributed by atoms with E-state index in [1.807, 2.05) is 99.4 Å². The van der Waals surface area contributed by atoms with Crippen LogP contribution in [0, 0.1) is 11.8 Å². The van der Waals surface area contributed by atoms with Gasteiger partial charge in [0.05, 0.1) is 17.2 Å². The molecule has 1 heterocycles. The second kappa shape index (κ2) is 15.4. The summed E-state index contributed by atoms with van der Waals surface area (Å²) < 4.78 is 71.6. The van der Waals surface area contributed by atoms with E-state index in [1.54, 1.807) is 33.1 Å². The number of nitrogens with zero attached hydrogens (tertiary/aromatic N) is 3. The maximum absolute atomic E-state index is 15.8. The summed E-state index contributed by atoms with van der Waals surface area (Å²) in [5.41, 5.74) is -2.08. The van der Waals surface area contributed by atoms with Crippen LogP contribution in [0.5, 0.6) is 11.6 Å². The lowest BCUT2D eigenvalue weighted by molar-refractivity contribution is -0.140. The van der Waals surface area contributed by atoms with Crippen LogP contribution in [0.4, 0.5) is 13.2 Å². The second-order valence-corrected chi connectivity index (χ2v) is 22.7. The Hall–Kier alpha value is -4.76. The predicted molar refractivity (Wildman–Crippen MR) is 219 cm³/mol. The fourth-order valence-corrected chi connectivity index (χ4v) is 10.2. The molecule has 0 spiro atoms. The number of benzene rings is 3. The third-order valence-electron chi connectivity index (χ3n) is 12.4. The first-order valence-electron chi connectivity index (χ1n) is 19.8. The highest BCUT2D eigenvalue weighted by atomic mass is 28.4. The zero-order valence-electron chi connectivity index (χ0n) is 35.0. The first kappa shape index (κ1) is 42.4. The second-order valence-electron chi connectivity index (χ2n) is 17.9. The van der Waals surface area contributed by atoms with Crippen LogP contribution >= 0.6 is 0 Å². The van der Waals surface area contributed by atoms with Gasteiger partial charge in [0, 0.05) is 18.0 Å². The number of alkyl halides is 3. The molecule has 7 rings (SSSR count). The number of aliphatic hydroxyl groups excluding tert-OH is 1. The summed E-state index contributed by atoms with van der Waals surface area (Å²) in [4.78, 5) is 34.8. The minimum absolute atomic E-state index is 0.00509. The van der Waals surface area contributed by atoms with Crippen LogP contribution in [0.3, 0.4) is 0 Å². The van der Waals surface area contributed by atoms with Crippen LogP contribution in [0.1, 0.15) is 82.7 Å². The molecule has 3 aliphatic carbocycles. The van der Waals surface area contributed by atoms with Gasteiger partial charge in [-0.15, -0.1) is 0 Å². The summed E-state index contributed by atoms with van der Waals surface area (Å²) in [6, 6.07) is 19.0. The average Bonchev–Trinajstić information content (AvgIpc) is 3.57. The number of aliphatic hydroxyl groups is 1. The van der Waals surface area contributed by atoms with Crippen molar-refractivity contribution < 1.29 is 46.3 Å². The van der Waals surface area contributed by atoms with Crippen LogP contribution in [-0.4, -0.2) is 73.7 Å². The first-order valence-corrected chi connectivity index (χ1v) is 22.7. The van der Waals surface area contributed by atoms with E-state index in [-0.39, 0.29) is 77.8 Å². The summed E-state index contributed by atoms with van der Waals surface area (Å²) >= 11 is 0. The molecule has 3 aromatic carbocycles. The number of hydrogen-bond acceptors (Lipinski definition) is 10. The molecule has 314 valence electrons. The number of rotatable bonds is 11.